The van der Waals surface area contributed by atoms with Crippen molar-refractivity contribution in [1.29, 1.82) is 0 Å². The first-order valence-electron chi connectivity index (χ1n) is 7.21. The topological polar surface area (TPSA) is 74.2 Å². The summed E-state index contributed by atoms with van der Waals surface area (Å²) < 4.78 is 0. The van der Waals surface area contributed by atoms with Gasteiger partial charge in [0.1, 0.15) is 0 Å². The molecular formula is C14H23N3O2S. The summed E-state index contributed by atoms with van der Waals surface area (Å²) in [6.07, 6.45) is 5.66. The number of aliphatic hydroxyl groups is 1. The van der Waals surface area contributed by atoms with Crippen LogP contribution in [0.2, 0.25) is 0 Å². The van der Waals surface area contributed by atoms with Crippen molar-refractivity contribution in [1.82, 2.24) is 15.6 Å². The summed E-state index contributed by atoms with van der Waals surface area (Å²) in [4.78, 5) is 16.2. The molecule has 0 saturated heterocycles. The van der Waals surface area contributed by atoms with E-state index in [9.17, 15) is 9.90 Å². The molecule has 5 nitrogen and oxygen atoms in total. The van der Waals surface area contributed by atoms with E-state index in [1.807, 2.05) is 12.3 Å². The summed E-state index contributed by atoms with van der Waals surface area (Å²) in [7, 11) is 0. The van der Waals surface area contributed by atoms with E-state index in [-0.39, 0.29) is 12.6 Å². The highest BCUT2D eigenvalue weighted by Crippen LogP contribution is 2.28. The number of carbonyl (C=O) groups is 1. The maximum absolute atomic E-state index is 11.8. The molecule has 0 radical (unpaired) electrons. The van der Waals surface area contributed by atoms with Crippen LogP contribution in [-0.2, 0) is 6.42 Å². The third kappa shape index (κ3) is 4.18. The number of aryl methyl sites for hydroxylation is 2. The smallest absolute Gasteiger partial charge is 0.315 e. The molecule has 0 atom stereocenters. The zero-order valence-electron chi connectivity index (χ0n) is 11.9. The Kier molecular flexibility index (Phi) is 5.37. The molecule has 1 aromatic heterocycles. The summed E-state index contributed by atoms with van der Waals surface area (Å²) in [6.45, 7) is 2.65. The van der Waals surface area contributed by atoms with Gasteiger partial charge < -0.3 is 15.7 Å². The van der Waals surface area contributed by atoms with Gasteiger partial charge in [-0.15, -0.1) is 11.3 Å². The lowest BCUT2D eigenvalue weighted by molar-refractivity contribution is 0.163. The molecular weight excluding hydrogens is 274 g/mol. The van der Waals surface area contributed by atoms with Crippen LogP contribution in [0, 0.1) is 6.92 Å². The molecule has 0 spiro atoms. The van der Waals surface area contributed by atoms with Crippen molar-refractivity contribution in [3.63, 3.8) is 0 Å². The Morgan fingerprint density at radius 2 is 2.25 bits per heavy atom. The van der Waals surface area contributed by atoms with E-state index in [1.54, 1.807) is 11.3 Å². The van der Waals surface area contributed by atoms with Gasteiger partial charge in [0.05, 0.1) is 17.2 Å². The number of hydrogen-bond acceptors (Lipinski definition) is 4. The fourth-order valence-corrected chi connectivity index (χ4v) is 3.44. The maximum Gasteiger partial charge on any atom is 0.315 e. The van der Waals surface area contributed by atoms with Crippen molar-refractivity contribution in [2.75, 3.05) is 13.2 Å². The largest absolute Gasteiger partial charge is 0.394 e. The number of hydrogen-bond donors (Lipinski definition) is 3. The predicted octanol–water partition coefficient (Wildman–Crippen LogP) is 1.99. The second-order valence-electron chi connectivity index (χ2n) is 5.51. The van der Waals surface area contributed by atoms with Crippen LogP contribution in [0.25, 0.3) is 0 Å². The molecule has 0 aliphatic heterocycles. The standard InChI is InChI=1S/C14H23N3O2S/c1-11-9-20-12(16-11)5-4-8-15-13(19)17-14(10-18)6-2-3-7-14/h9,18H,2-8,10H2,1H3,(H2,15,17,19). The lowest BCUT2D eigenvalue weighted by Crippen LogP contribution is -2.53. The summed E-state index contributed by atoms with van der Waals surface area (Å²) in [5.41, 5.74) is 0.665. The van der Waals surface area contributed by atoms with Crippen molar-refractivity contribution in [3.8, 4) is 0 Å². The van der Waals surface area contributed by atoms with Crippen LogP contribution in [0.5, 0.6) is 0 Å². The van der Waals surface area contributed by atoms with Gasteiger partial charge in [-0.3, -0.25) is 0 Å². The van der Waals surface area contributed by atoms with Crippen LogP contribution in [-0.4, -0.2) is 34.8 Å². The van der Waals surface area contributed by atoms with E-state index in [2.05, 4.69) is 15.6 Å². The summed E-state index contributed by atoms with van der Waals surface area (Å²) in [6, 6.07) is -0.170. The number of nitrogens with one attached hydrogen (secondary N) is 2. The molecule has 6 heteroatoms. The minimum atomic E-state index is -0.392. The zero-order chi connectivity index (χ0) is 14.4. The number of thiazole rings is 1. The van der Waals surface area contributed by atoms with Crippen LogP contribution in [0.1, 0.15) is 42.8 Å². The molecule has 2 rings (SSSR count). The average Bonchev–Trinajstić information content (AvgIpc) is 3.05. The first-order valence-corrected chi connectivity index (χ1v) is 8.09. The molecule has 0 unspecified atom stereocenters. The third-order valence-corrected chi connectivity index (χ3v) is 4.79. The predicted molar refractivity (Wildman–Crippen MR) is 80.0 cm³/mol. The fourth-order valence-electron chi connectivity index (χ4n) is 2.62. The lowest BCUT2D eigenvalue weighted by atomic mass is 9.99. The van der Waals surface area contributed by atoms with Crippen molar-refractivity contribution >= 4 is 17.4 Å². The van der Waals surface area contributed by atoms with Gasteiger partial charge >= 0.3 is 6.03 Å². The highest BCUT2D eigenvalue weighted by molar-refractivity contribution is 7.09. The molecule has 20 heavy (non-hydrogen) atoms. The molecule has 0 bridgehead atoms. The van der Waals surface area contributed by atoms with Gasteiger partial charge in [0, 0.05) is 24.0 Å². The van der Waals surface area contributed by atoms with Gasteiger partial charge in [-0.1, -0.05) is 12.8 Å². The zero-order valence-corrected chi connectivity index (χ0v) is 12.8. The van der Waals surface area contributed by atoms with Crippen LogP contribution in [0.4, 0.5) is 4.79 Å². The Morgan fingerprint density at radius 1 is 1.50 bits per heavy atom. The number of aliphatic hydroxyl groups excluding tert-OH is 1. The van der Waals surface area contributed by atoms with Crippen molar-refractivity contribution in [3.05, 3.63) is 16.1 Å². The summed E-state index contributed by atoms with van der Waals surface area (Å²) in [5, 5.41) is 18.4. The van der Waals surface area contributed by atoms with Gasteiger partial charge in [-0.05, 0) is 26.2 Å². The number of urea groups is 1. The van der Waals surface area contributed by atoms with E-state index in [4.69, 9.17) is 0 Å². The summed E-state index contributed by atoms with van der Waals surface area (Å²) in [5.74, 6) is 0. The third-order valence-electron chi connectivity index (χ3n) is 3.76. The first-order chi connectivity index (χ1) is 9.63. The van der Waals surface area contributed by atoms with Crippen molar-refractivity contribution in [2.24, 2.45) is 0 Å². The minimum Gasteiger partial charge on any atom is -0.394 e. The first kappa shape index (κ1) is 15.3. The molecule has 1 aromatic rings. The van der Waals surface area contributed by atoms with Crippen molar-refractivity contribution < 1.29 is 9.90 Å². The molecule has 112 valence electrons. The van der Waals surface area contributed by atoms with Gasteiger partial charge in [0.15, 0.2) is 0 Å². The summed E-state index contributed by atoms with van der Waals surface area (Å²) >= 11 is 1.67. The molecule has 1 saturated carbocycles. The quantitative estimate of drug-likeness (QED) is 0.703. The minimum absolute atomic E-state index is 0.0266. The van der Waals surface area contributed by atoms with Gasteiger partial charge in [-0.2, -0.15) is 0 Å². The fraction of sp³-hybridized carbons (Fsp3) is 0.714. The van der Waals surface area contributed by atoms with E-state index < -0.39 is 5.54 Å². The second kappa shape index (κ2) is 7.04. The monoisotopic (exact) mass is 297 g/mol. The van der Waals surface area contributed by atoms with Crippen LogP contribution in [0.3, 0.4) is 0 Å². The molecule has 1 heterocycles. The van der Waals surface area contributed by atoms with Gasteiger partial charge in [0.2, 0.25) is 0 Å². The molecule has 1 fully saturated rings. The Hall–Kier alpha value is -1.14. The molecule has 1 aliphatic carbocycles. The molecule has 0 aromatic carbocycles. The number of carbonyl (C=O) groups excluding carboxylic acids is 1. The molecule has 1 aliphatic rings. The SMILES string of the molecule is Cc1csc(CCCNC(=O)NC2(CO)CCCC2)n1. The van der Waals surface area contributed by atoms with E-state index in [0.29, 0.717) is 6.54 Å². The number of rotatable bonds is 6. The number of amides is 2. The Bertz CT molecular complexity index is 441. The van der Waals surface area contributed by atoms with Crippen LogP contribution < -0.4 is 10.6 Å². The highest BCUT2D eigenvalue weighted by Gasteiger charge is 2.34. The van der Waals surface area contributed by atoms with Gasteiger partial charge in [-0.25, -0.2) is 9.78 Å². The van der Waals surface area contributed by atoms with Crippen molar-refractivity contribution in [2.45, 2.75) is 51.0 Å². The number of aromatic nitrogens is 1. The Morgan fingerprint density at radius 3 is 2.85 bits per heavy atom. The van der Waals surface area contributed by atoms with E-state index in [1.165, 1.54) is 0 Å². The average molecular weight is 297 g/mol. The Labute approximate surface area is 123 Å². The van der Waals surface area contributed by atoms with Crippen LogP contribution >= 0.6 is 11.3 Å². The van der Waals surface area contributed by atoms with E-state index >= 15 is 0 Å². The highest BCUT2D eigenvalue weighted by atomic mass is 32.1. The normalized spacial score (nSPS) is 17.1. The maximum atomic E-state index is 11.8. The lowest BCUT2D eigenvalue weighted by Gasteiger charge is -2.27. The second-order valence-corrected chi connectivity index (χ2v) is 6.46. The number of nitrogens with zero attached hydrogens (tertiary/aromatic N) is 1. The Balaban J connectivity index is 1.65. The van der Waals surface area contributed by atoms with Crippen LogP contribution in [0.15, 0.2) is 5.38 Å². The van der Waals surface area contributed by atoms with Gasteiger partial charge in [0.25, 0.3) is 0 Å². The van der Waals surface area contributed by atoms with E-state index in [0.717, 1.165) is 49.2 Å². The molecule has 3 N–H and O–H groups in total. The molecule has 2 amide bonds.